The molecule has 0 saturated carbocycles. The molecule has 1 fully saturated rings. The minimum atomic E-state index is -0.520. The van der Waals surface area contributed by atoms with E-state index in [9.17, 15) is 9.59 Å². The van der Waals surface area contributed by atoms with Gasteiger partial charge in [0, 0.05) is 26.1 Å². The average molecular weight is 275 g/mol. The van der Waals surface area contributed by atoms with Gasteiger partial charge >= 0.3 is 0 Å². The zero-order valence-electron chi connectivity index (χ0n) is 11.8. The van der Waals surface area contributed by atoms with Crippen LogP contribution >= 0.6 is 0 Å². The number of carbonyl (C=O) groups excluding carboxylic acids is 2. The molecule has 0 aromatic heterocycles. The Labute approximate surface area is 119 Å². The van der Waals surface area contributed by atoms with E-state index in [0.29, 0.717) is 32.5 Å². The molecule has 1 aromatic carbocycles. The van der Waals surface area contributed by atoms with Crippen LogP contribution in [-0.4, -0.2) is 42.4 Å². The number of nitrogens with zero attached hydrogens (tertiary/aromatic N) is 1. The first kappa shape index (κ1) is 14.5. The van der Waals surface area contributed by atoms with Crippen LogP contribution in [0.1, 0.15) is 17.5 Å². The first-order chi connectivity index (χ1) is 9.58. The Morgan fingerprint density at radius 3 is 2.95 bits per heavy atom. The van der Waals surface area contributed by atoms with Gasteiger partial charge in [0.15, 0.2) is 0 Å². The number of hydrogen-bond donors (Lipinski definition) is 2. The second-order valence-corrected chi connectivity index (χ2v) is 5.20. The molecule has 20 heavy (non-hydrogen) atoms. The van der Waals surface area contributed by atoms with Crippen LogP contribution in [0.15, 0.2) is 24.3 Å². The van der Waals surface area contributed by atoms with Gasteiger partial charge in [0.1, 0.15) is 6.04 Å². The molecule has 108 valence electrons. The van der Waals surface area contributed by atoms with Crippen LogP contribution in [0.4, 0.5) is 0 Å². The summed E-state index contributed by atoms with van der Waals surface area (Å²) in [5.41, 5.74) is 7.68. The van der Waals surface area contributed by atoms with E-state index in [1.165, 1.54) is 5.56 Å². The number of primary amides is 1. The molecule has 1 aromatic rings. The Bertz CT molecular complexity index is 502. The lowest BCUT2D eigenvalue weighted by Gasteiger charge is -2.34. The molecule has 3 N–H and O–H groups in total. The summed E-state index contributed by atoms with van der Waals surface area (Å²) in [6, 6.07) is 7.60. The van der Waals surface area contributed by atoms with Gasteiger partial charge in [0.2, 0.25) is 11.8 Å². The predicted molar refractivity (Wildman–Crippen MR) is 77.1 cm³/mol. The van der Waals surface area contributed by atoms with Crippen molar-refractivity contribution < 1.29 is 9.59 Å². The molecule has 1 heterocycles. The third-order valence-corrected chi connectivity index (χ3v) is 3.60. The summed E-state index contributed by atoms with van der Waals surface area (Å²) in [5.74, 6) is -0.446. The third-order valence-electron chi connectivity index (χ3n) is 3.60. The molecular formula is C15H21N3O2. The monoisotopic (exact) mass is 275 g/mol. The van der Waals surface area contributed by atoms with Crippen molar-refractivity contribution in [1.29, 1.82) is 0 Å². The average Bonchev–Trinajstić information content (AvgIpc) is 2.45. The Balaban J connectivity index is 1.95. The van der Waals surface area contributed by atoms with Gasteiger partial charge < -0.3 is 16.0 Å². The fourth-order valence-corrected chi connectivity index (χ4v) is 2.52. The van der Waals surface area contributed by atoms with Crippen LogP contribution in [0, 0.1) is 6.92 Å². The Kier molecular flexibility index (Phi) is 4.74. The third kappa shape index (κ3) is 3.57. The summed E-state index contributed by atoms with van der Waals surface area (Å²) < 4.78 is 0. The number of amides is 2. The van der Waals surface area contributed by atoms with Gasteiger partial charge in [0.25, 0.3) is 0 Å². The minimum absolute atomic E-state index is 0.00296. The fourth-order valence-electron chi connectivity index (χ4n) is 2.52. The van der Waals surface area contributed by atoms with E-state index >= 15 is 0 Å². The maximum atomic E-state index is 12.3. The van der Waals surface area contributed by atoms with Gasteiger partial charge in [-0.3, -0.25) is 9.59 Å². The lowest BCUT2D eigenvalue weighted by atomic mass is 10.1. The maximum absolute atomic E-state index is 12.3. The number of rotatable bonds is 4. The molecule has 1 aliphatic heterocycles. The molecule has 5 nitrogen and oxygen atoms in total. The van der Waals surface area contributed by atoms with Crippen LogP contribution < -0.4 is 11.1 Å². The van der Waals surface area contributed by atoms with Gasteiger partial charge in [-0.2, -0.15) is 0 Å². The highest BCUT2D eigenvalue weighted by molar-refractivity contribution is 5.87. The zero-order valence-corrected chi connectivity index (χ0v) is 11.8. The molecule has 1 unspecified atom stereocenters. The largest absolute Gasteiger partial charge is 0.368 e. The number of piperazine rings is 1. The van der Waals surface area contributed by atoms with Gasteiger partial charge in [-0.1, -0.05) is 29.8 Å². The van der Waals surface area contributed by atoms with E-state index in [4.69, 9.17) is 5.73 Å². The summed E-state index contributed by atoms with van der Waals surface area (Å²) >= 11 is 0. The second-order valence-electron chi connectivity index (χ2n) is 5.20. The van der Waals surface area contributed by atoms with Crippen LogP contribution in [-0.2, 0) is 16.0 Å². The standard InChI is InChI=1S/C15H21N3O2/c1-11-3-2-4-12(9-11)5-6-14(19)18-8-7-17-10-13(18)15(16)20/h2-4,9,13,17H,5-8,10H2,1H3,(H2,16,20). The number of nitrogens with one attached hydrogen (secondary N) is 1. The molecule has 2 rings (SSSR count). The summed E-state index contributed by atoms with van der Waals surface area (Å²) in [6.45, 7) is 3.73. The molecule has 1 atom stereocenters. The molecule has 0 radical (unpaired) electrons. The Morgan fingerprint density at radius 2 is 2.25 bits per heavy atom. The summed E-state index contributed by atoms with van der Waals surface area (Å²) in [6.07, 6.45) is 1.10. The number of benzene rings is 1. The molecule has 0 aliphatic carbocycles. The topological polar surface area (TPSA) is 75.4 Å². The molecule has 5 heteroatoms. The van der Waals surface area contributed by atoms with Crippen molar-refractivity contribution in [3.05, 3.63) is 35.4 Å². The van der Waals surface area contributed by atoms with Crippen LogP contribution in [0.3, 0.4) is 0 Å². The van der Waals surface area contributed by atoms with Crippen LogP contribution in [0.2, 0.25) is 0 Å². The highest BCUT2D eigenvalue weighted by Crippen LogP contribution is 2.10. The van der Waals surface area contributed by atoms with E-state index < -0.39 is 11.9 Å². The quantitative estimate of drug-likeness (QED) is 0.825. The fraction of sp³-hybridized carbons (Fsp3) is 0.467. The smallest absolute Gasteiger partial charge is 0.241 e. The van der Waals surface area contributed by atoms with E-state index in [2.05, 4.69) is 11.4 Å². The highest BCUT2D eigenvalue weighted by Gasteiger charge is 2.29. The first-order valence-electron chi connectivity index (χ1n) is 6.93. The SMILES string of the molecule is Cc1cccc(CCC(=O)N2CCNCC2C(N)=O)c1. The van der Waals surface area contributed by atoms with Crippen molar-refractivity contribution in [2.75, 3.05) is 19.6 Å². The number of hydrogen-bond acceptors (Lipinski definition) is 3. The highest BCUT2D eigenvalue weighted by atomic mass is 16.2. The first-order valence-corrected chi connectivity index (χ1v) is 6.93. The van der Waals surface area contributed by atoms with Crippen molar-refractivity contribution >= 4 is 11.8 Å². The van der Waals surface area contributed by atoms with Gasteiger partial charge in [0.05, 0.1) is 0 Å². The van der Waals surface area contributed by atoms with Crippen molar-refractivity contribution in [1.82, 2.24) is 10.2 Å². The van der Waals surface area contributed by atoms with E-state index in [-0.39, 0.29) is 5.91 Å². The van der Waals surface area contributed by atoms with E-state index in [0.717, 1.165) is 5.56 Å². The summed E-state index contributed by atoms with van der Waals surface area (Å²) in [5, 5.41) is 3.09. The van der Waals surface area contributed by atoms with Gasteiger partial charge in [-0.25, -0.2) is 0 Å². The summed E-state index contributed by atoms with van der Waals surface area (Å²) in [4.78, 5) is 25.2. The van der Waals surface area contributed by atoms with Crippen molar-refractivity contribution in [2.24, 2.45) is 5.73 Å². The Morgan fingerprint density at radius 1 is 1.45 bits per heavy atom. The van der Waals surface area contributed by atoms with E-state index in [1.54, 1.807) is 4.90 Å². The number of nitrogens with two attached hydrogens (primary N) is 1. The molecule has 2 amide bonds. The van der Waals surface area contributed by atoms with Crippen LogP contribution in [0.5, 0.6) is 0 Å². The van der Waals surface area contributed by atoms with Crippen molar-refractivity contribution in [3.63, 3.8) is 0 Å². The Hall–Kier alpha value is -1.88. The van der Waals surface area contributed by atoms with Crippen molar-refractivity contribution in [2.45, 2.75) is 25.8 Å². The van der Waals surface area contributed by atoms with Crippen molar-refractivity contribution in [3.8, 4) is 0 Å². The van der Waals surface area contributed by atoms with Crippen LogP contribution in [0.25, 0.3) is 0 Å². The predicted octanol–water partition coefficient (Wildman–Crippen LogP) is 0.213. The molecule has 0 bridgehead atoms. The molecule has 1 saturated heterocycles. The van der Waals surface area contributed by atoms with Gasteiger partial charge in [-0.05, 0) is 18.9 Å². The van der Waals surface area contributed by atoms with Gasteiger partial charge in [-0.15, -0.1) is 0 Å². The van der Waals surface area contributed by atoms with E-state index in [1.807, 2.05) is 25.1 Å². The zero-order chi connectivity index (χ0) is 14.5. The molecular weight excluding hydrogens is 254 g/mol. The number of carbonyl (C=O) groups is 2. The molecule has 1 aliphatic rings. The minimum Gasteiger partial charge on any atom is -0.368 e. The maximum Gasteiger partial charge on any atom is 0.241 e. The second kappa shape index (κ2) is 6.52. The normalized spacial score (nSPS) is 18.9. The lowest BCUT2D eigenvalue weighted by molar-refractivity contribution is -0.140. The lowest BCUT2D eigenvalue weighted by Crippen LogP contribution is -2.58. The molecule has 0 spiro atoms. The number of aryl methyl sites for hydroxylation is 2. The summed E-state index contributed by atoms with van der Waals surface area (Å²) in [7, 11) is 0.